The Morgan fingerprint density at radius 3 is 2.86 bits per heavy atom. The quantitative estimate of drug-likeness (QED) is 0.289. The van der Waals surface area contributed by atoms with Gasteiger partial charge >= 0.3 is 0 Å². The van der Waals surface area contributed by atoms with Crippen LogP contribution in [0.15, 0.2) is 35.6 Å². The van der Waals surface area contributed by atoms with Crippen molar-refractivity contribution in [1.82, 2.24) is 10.2 Å². The predicted molar refractivity (Wildman–Crippen MR) is 72.7 cm³/mol. The van der Waals surface area contributed by atoms with Crippen LogP contribution in [-0.4, -0.2) is 26.2 Å². The molecule has 0 aliphatic carbocycles. The van der Waals surface area contributed by atoms with Crippen LogP contribution < -0.4 is 10.5 Å². The molecule has 0 aliphatic heterocycles. The fourth-order valence-corrected chi connectivity index (χ4v) is 1.69. The van der Waals surface area contributed by atoms with Gasteiger partial charge < -0.3 is 15.7 Å². The maximum Gasteiger partial charge on any atom is 0.288 e. The van der Waals surface area contributed by atoms with Gasteiger partial charge in [-0.1, -0.05) is 16.8 Å². The Morgan fingerprint density at radius 2 is 2.24 bits per heavy atom. The van der Waals surface area contributed by atoms with Crippen molar-refractivity contribution in [2.24, 2.45) is 10.9 Å². The van der Waals surface area contributed by atoms with E-state index in [2.05, 4.69) is 15.4 Å². The summed E-state index contributed by atoms with van der Waals surface area (Å²) in [5, 5.41) is 29.4. The Balaban J connectivity index is 2.35. The Labute approximate surface area is 122 Å². The monoisotopic (exact) mass is 309 g/mol. The molecule has 0 unspecified atom stereocenters. The van der Waals surface area contributed by atoms with Gasteiger partial charge in [0.1, 0.15) is 10.8 Å². The molecule has 10 heteroatoms. The first-order valence-corrected chi connectivity index (χ1v) is 5.82. The number of benzene rings is 1. The summed E-state index contributed by atoms with van der Waals surface area (Å²) in [5.41, 5.74) is 5.44. The molecule has 0 saturated carbocycles. The van der Waals surface area contributed by atoms with Crippen molar-refractivity contribution in [3.63, 3.8) is 0 Å². The molecule has 1 heterocycles. The highest BCUT2D eigenvalue weighted by Crippen LogP contribution is 2.31. The molecule has 0 saturated heterocycles. The predicted octanol–water partition coefficient (Wildman–Crippen LogP) is 1.92. The topological polar surface area (TPSA) is 137 Å². The van der Waals surface area contributed by atoms with Crippen LogP contribution in [0, 0.1) is 10.1 Å². The van der Waals surface area contributed by atoms with Crippen LogP contribution in [-0.2, 0) is 0 Å². The molecule has 0 amide bonds. The number of rotatable bonds is 4. The van der Waals surface area contributed by atoms with Gasteiger partial charge in [-0.15, -0.1) is 5.10 Å². The van der Waals surface area contributed by atoms with Crippen LogP contribution >= 0.6 is 11.6 Å². The summed E-state index contributed by atoms with van der Waals surface area (Å²) in [7, 11) is 0. The van der Waals surface area contributed by atoms with Gasteiger partial charge in [0.05, 0.1) is 16.7 Å². The van der Waals surface area contributed by atoms with Crippen molar-refractivity contribution in [1.29, 1.82) is 0 Å². The molecule has 1 aromatic heterocycles. The molecule has 2 aromatic rings. The zero-order valence-electron chi connectivity index (χ0n) is 10.3. The highest BCUT2D eigenvalue weighted by molar-refractivity contribution is 6.32. The second-order valence-electron chi connectivity index (χ2n) is 3.71. The highest BCUT2D eigenvalue weighted by Gasteiger charge is 2.15. The van der Waals surface area contributed by atoms with E-state index in [-0.39, 0.29) is 33.7 Å². The molecule has 0 fully saturated rings. The van der Waals surface area contributed by atoms with Crippen LogP contribution in [0.4, 0.5) is 5.69 Å². The van der Waals surface area contributed by atoms with Gasteiger partial charge in [0.25, 0.3) is 5.69 Å². The summed E-state index contributed by atoms with van der Waals surface area (Å²) in [4.78, 5) is 10.1. The number of nitrogens with zero attached hydrogens (tertiary/aromatic N) is 4. The maximum atomic E-state index is 10.7. The minimum Gasteiger partial charge on any atom is -0.437 e. The van der Waals surface area contributed by atoms with Crippen LogP contribution in [0.25, 0.3) is 0 Å². The van der Waals surface area contributed by atoms with Gasteiger partial charge in [0, 0.05) is 12.1 Å². The zero-order chi connectivity index (χ0) is 15.4. The largest absolute Gasteiger partial charge is 0.437 e. The minimum absolute atomic E-state index is 0.0299. The van der Waals surface area contributed by atoms with E-state index >= 15 is 0 Å². The molecule has 3 N–H and O–H groups in total. The third-order valence-corrected chi connectivity index (χ3v) is 2.70. The number of halogens is 1. The second kappa shape index (κ2) is 6.01. The van der Waals surface area contributed by atoms with E-state index in [1.807, 2.05) is 0 Å². The molecule has 0 spiro atoms. The lowest BCUT2D eigenvalue weighted by atomic mass is 10.2. The number of nitro groups is 1. The fraction of sp³-hybridized carbons (Fsp3) is 0. The van der Waals surface area contributed by atoms with Gasteiger partial charge in [-0.05, 0) is 12.1 Å². The summed E-state index contributed by atoms with van der Waals surface area (Å²) in [6, 6.07) is 5.22. The van der Waals surface area contributed by atoms with E-state index in [9.17, 15) is 10.1 Å². The van der Waals surface area contributed by atoms with Gasteiger partial charge in [-0.3, -0.25) is 10.1 Å². The maximum absolute atomic E-state index is 10.7. The summed E-state index contributed by atoms with van der Waals surface area (Å²) >= 11 is 5.77. The number of amidine groups is 1. The average Bonchev–Trinajstić information content (AvgIpc) is 2.46. The Bertz CT molecular complexity index is 722. The Hall–Kier alpha value is -2.94. The van der Waals surface area contributed by atoms with Crippen molar-refractivity contribution in [2.45, 2.75) is 0 Å². The van der Waals surface area contributed by atoms with Gasteiger partial charge in [-0.2, -0.15) is 5.10 Å². The van der Waals surface area contributed by atoms with Crippen LogP contribution in [0.1, 0.15) is 5.56 Å². The first kappa shape index (κ1) is 14.5. The van der Waals surface area contributed by atoms with Gasteiger partial charge in [-0.25, -0.2) is 0 Å². The number of ether oxygens (including phenoxy) is 1. The number of nitro benzene ring substituents is 1. The van der Waals surface area contributed by atoms with Crippen LogP contribution in [0.3, 0.4) is 0 Å². The normalized spacial score (nSPS) is 11.2. The molecule has 0 bridgehead atoms. The third kappa shape index (κ3) is 3.15. The van der Waals surface area contributed by atoms with E-state index < -0.39 is 4.92 Å². The molecular formula is C11H8ClN5O4. The number of hydrogen-bond acceptors (Lipinski definition) is 7. The smallest absolute Gasteiger partial charge is 0.288 e. The SMILES string of the molecule is N/C(=N/O)c1ccnnc1Oc1ccc([N+](=O)[O-])c(Cl)c1. The molecule has 21 heavy (non-hydrogen) atoms. The van der Waals surface area contributed by atoms with Crippen molar-refractivity contribution >= 4 is 23.1 Å². The van der Waals surface area contributed by atoms with Crippen molar-refractivity contribution < 1.29 is 14.9 Å². The molecule has 0 atom stereocenters. The minimum atomic E-state index is -0.615. The third-order valence-electron chi connectivity index (χ3n) is 2.40. The Kier molecular flexibility index (Phi) is 4.14. The first-order valence-electron chi connectivity index (χ1n) is 5.44. The fourth-order valence-electron chi connectivity index (χ4n) is 1.45. The second-order valence-corrected chi connectivity index (χ2v) is 4.11. The van der Waals surface area contributed by atoms with Crippen LogP contribution in [0.2, 0.25) is 5.02 Å². The standard InChI is InChI=1S/C11H8ClN5O4/c12-8-5-6(1-2-9(8)17(19)20)21-11-7(10(13)16-18)3-4-14-15-11/h1-5,18H,(H2,13,16). The van der Waals surface area contributed by atoms with Crippen molar-refractivity contribution in [3.05, 3.63) is 51.2 Å². The summed E-state index contributed by atoms with van der Waals surface area (Å²) in [6.07, 6.45) is 1.34. The summed E-state index contributed by atoms with van der Waals surface area (Å²) < 4.78 is 5.40. The average molecular weight is 310 g/mol. The number of hydrogen-bond donors (Lipinski definition) is 2. The summed E-state index contributed by atoms with van der Waals surface area (Å²) in [5.74, 6) is -0.0521. The van der Waals surface area contributed by atoms with Gasteiger partial charge in [0.15, 0.2) is 5.84 Å². The number of aromatic nitrogens is 2. The summed E-state index contributed by atoms with van der Waals surface area (Å²) in [6.45, 7) is 0. The van der Waals surface area contributed by atoms with Crippen molar-refractivity contribution in [2.75, 3.05) is 0 Å². The van der Waals surface area contributed by atoms with E-state index in [0.29, 0.717) is 0 Å². The van der Waals surface area contributed by atoms with E-state index in [4.69, 9.17) is 27.3 Å². The lowest BCUT2D eigenvalue weighted by Crippen LogP contribution is -2.15. The van der Waals surface area contributed by atoms with E-state index in [0.717, 1.165) is 0 Å². The molecule has 9 nitrogen and oxygen atoms in total. The molecule has 0 aliphatic rings. The number of oxime groups is 1. The first-order chi connectivity index (χ1) is 10.0. The van der Waals surface area contributed by atoms with E-state index in [1.165, 1.54) is 30.5 Å². The lowest BCUT2D eigenvalue weighted by molar-refractivity contribution is -0.384. The molecule has 108 valence electrons. The Morgan fingerprint density at radius 1 is 1.48 bits per heavy atom. The highest BCUT2D eigenvalue weighted by atomic mass is 35.5. The van der Waals surface area contributed by atoms with E-state index in [1.54, 1.807) is 0 Å². The van der Waals surface area contributed by atoms with Gasteiger partial charge in [0.2, 0.25) is 5.88 Å². The zero-order valence-corrected chi connectivity index (χ0v) is 11.1. The number of nitrogens with two attached hydrogens (primary N) is 1. The van der Waals surface area contributed by atoms with Crippen LogP contribution in [0.5, 0.6) is 11.6 Å². The molecular weight excluding hydrogens is 302 g/mol. The molecule has 2 rings (SSSR count). The molecule has 0 radical (unpaired) electrons. The molecule has 1 aromatic carbocycles. The van der Waals surface area contributed by atoms with Crippen molar-refractivity contribution in [3.8, 4) is 11.6 Å². The lowest BCUT2D eigenvalue weighted by Gasteiger charge is -2.08.